The Morgan fingerprint density at radius 1 is 0.840 bits per heavy atom. The van der Waals surface area contributed by atoms with Crippen LogP contribution in [0.1, 0.15) is 44.7 Å². The normalized spacial score (nSPS) is 10.9. The number of aliphatic hydroxyl groups excluding tert-OH is 1. The van der Waals surface area contributed by atoms with Crippen molar-refractivity contribution in [3.63, 3.8) is 0 Å². The van der Waals surface area contributed by atoms with Crippen molar-refractivity contribution in [1.82, 2.24) is 4.98 Å². The molecule has 8 nitrogen and oxygen atoms in total. The number of fused-ring (bicyclic) bond motifs is 1. The number of nitrogens with one attached hydrogen (secondary N) is 2. The van der Waals surface area contributed by atoms with Crippen molar-refractivity contribution in [2.24, 2.45) is 5.73 Å². The number of hydrogen-bond acceptors (Lipinski definition) is 7. The molecule has 0 atom stereocenters. The fourth-order valence-corrected chi connectivity index (χ4v) is 6.81. The van der Waals surface area contributed by atoms with Gasteiger partial charge in [0.1, 0.15) is 5.75 Å². The topological polar surface area (TPSA) is 127 Å². The number of pyridine rings is 1. The lowest BCUT2D eigenvalue weighted by atomic mass is 10.0. The fourth-order valence-electron chi connectivity index (χ4n) is 5.79. The number of nitrogens with zero attached hydrogens (tertiary/aromatic N) is 1. The Hall–Kier alpha value is -5.64. The van der Waals surface area contributed by atoms with Crippen LogP contribution in [0.25, 0.3) is 22.0 Å². The lowest BCUT2D eigenvalue weighted by Gasteiger charge is -2.16. The molecular formula is C41H38N4O4S. The van der Waals surface area contributed by atoms with Crippen molar-refractivity contribution in [2.75, 3.05) is 24.4 Å². The van der Waals surface area contributed by atoms with Gasteiger partial charge in [-0.2, -0.15) is 0 Å². The molecule has 2 amide bonds. The molecule has 0 aliphatic heterocycles. The quantitative estimate of drug-likeness (QED) is 0.0897. The number of unbranched alkanes of at least 4 members (excludes halogenated alkanes) is 1. The smallest absolute Gasteiger partial charge is 0.255 e. The third-order valence-electron chi connectivity index (χ3n) is 8.35. The largest absolute Gasteiger partial charge is 0.497 e. The van der Waals surface area contributed by atoms with E-state index in [1.807, 2.05) is 85.8 Å². The first-order chi connectivity index (χ1) is 24.3. The number of aryl methyl sites for hydroxylation is 2. The van der Waals surface area contributed by atoms with Crippen LogP contribution in [0.15, 0.2) is 125 Å². The van der Waals surface area contributed by atoms with E-state index in [9.17, 15) is 9.59 Å². The average Bonchev–Trinajstić information content (AvgIpc) is 3.12. The second kappa shape index (κ2) is 15.7. The number of carbonyl (C=O) groups excluding carboxylic acids is 2. The van der Waals surface area contributed by atoms with Crippen LogP contribution in [0.3, 0.4) is 0 Å². The average molecular weight is 683 g/mol. The molecule has 0 fully saturated rings. The molecular weight excluding hydrogens is 645 g/mol. The molecule has 1 heterocycles. The van der Waals surface area contributed by atoms with Gasteiger partial charge in [-0.15, -0.1) is 0 Å². The highest BCUT2D eigenvalue weighted by Crippen LogP contribution is 2.37. The summed E-state index contributed by atoms with van der Waals surface area (Å²) >= 11 is 1.51. The van der Waals surface area contributed by atoms with Gasteiger partial charge in [-0.25, -0.2) is 0 Å². The van der Waals surface area contributed by atoms with E-state index in [1.54, 1.807) is 13.2 Å². The number of amides is 2. The molecule has 50 heavy (non-hydrogen) atoms. The van der Waals surface area contributed by atoms with Gasteiger partial charge >= 0.3 is 0 Å². The summed E-state index contributed by atoms with van der Waals surface area (Å²) in [7, 11) is 1.60. The van der Waals surface area contributed by atoms with Crippen molar-refractivity contribution >= 4 is 51.5 Å². The zero-order valence-corrected chi connectivity index (χ0v) is 28.7. The number of hydrogen-bond donors (Lipinski definition) is 4. The number of anilines is 3. The number of aromatic nitrogens is 1. The molecule has 0 aliphatic carbocycles. The van der Waals surface area contributed by atoms with Crippen molar-refractivity contribution in [3.05, 3.63) is 138 Å². The summed E-state index contributed by atoms with van der Waals surface area (Å²) in [5.41, 5.74) is 13.6. The van der Waals surface area contributed by atoms with E-state index in [-0.39, 0.29) is 18.1 Å². The number of nitrogens with two attached hydrogens (primary N) is 1. The minimum Gasteiger partial charge on any atom is -0.497 e. The standard InChI is InChI=1S/C41H38N4O4S/c1-26-20-35(24-36-38(26)43-25-37(40(42)47)39(36)44-32-12-7-13-33(23-32)49-2)50-34-14-6-10-30(22-34)41(48)45-31-11-5-9-29(21-31)28-17-15-27(16-18-28)8-3-4-19-46/h5-7,9-18,20-25,46H,3-4,8,19H2,1-2H3,(H2,42,47)(H,43,44)(H,45,48). The number of methoxy groups -OCH3 is 1. The number of carbonyl (C=O) groups is 2. The van der Waals surface area contributed by atoms with E-state index < -0.39 is 5.91 Å². The number of aliphatic hydroxyl groups is 1. The third-order valence-corrected chi connectivity index (χ3v) is 9.31. The lowest BCUT2D eigenvalue weighted by Crippen LogP contribution is -2.14. The second-order valence-corrected chi connectivity index (χ2v) is 13.1. The first-order valence-corrected chi connectivity index (χ1v) is 17.2. The number of ether oxygens (including phenoxy) is 1. The Balaban J connectivity index is 1.22. The van der Waals surface area contributed by atoms with E-state index in [2.05, 4.69) is 39.9 Å². The summed E-state index contributed by atoms with van der Waals surface area (Å²) in [6.07, 6.45) is 4.20. The molecule has 0 aliphatic rings. The highest BCUT2D eigenvalue weighted by atomic mass is 32.2. The molecule has 6 aromatic rings. The molecule has 0 spiro atoms. The van der Waals surface area contributed by atoms with Crippen molar-refractivity contribution < 1.29 is 19.4 Å². The van der Waals surface area contributed by atoms with Crippen LogP contribution < -0.4 is 21.1 Å². The Morgan fingerprint density at radius 3 is 2.40 bits per heavy atom. The van der Waals surface area contributed by atoms with Gasteiger partial charge in [-0.05, 0) is 103 Å². The molecule has 0 unspecified atom stereocenters. The molecule has 0 bridgehead atoms. The Morgan fingerprint density at radius 2 is 1.62 bits per heavy atom. The van der Waals surface area contributed by atoms with E-state index in [0.29, 0.717) is 22.7 Å². The van der Waals surface area contributed by atoms with Gasteiger partial charge in [0.15, 0.2) is 0 Å². The Labute approximate surface area is 295 Å². The highest BCUT2D eigenvalue weighted by Gasteiger charge is 2.17. The van der Waals surface area contributed by atoms with Gasteiger partial charge in [0.2, 0.25) is 0 Å². The Kier molecular flexibility index (Phi) is 10.8. The predicted octanol–water partition coefficient (Wildman–Crippen LogP) is 8.78. The van der Waals surface area contributed by atoms with E-state index in [4.69, 9.17) is 15.6 Å². The number of rotatable bonds is 13. The summed E-state index contributed by atoms with van der Waals surface area (Å²) in [4.78, 5) is 32.3. The molecule has 5 aromatic carbocycles. The van der Waals surface area contributed by atoms with Crippen LogP contribution in [0.4, 0.5) is 17.1 Å². The molecule has 1 aromatic heterocycles. The van der Waals surface area contributed by atoms with Gasteiger partial charge in [0, 0.05) is 51.0 Å². The van der Waals surface area contributed by atoms with Gasteiger partial charge in [-0.3, -0.25) is 14.6 Å². The molecule has 9 heteroatoms. The van der Waals surface area contributed by atoms with Gasteiger partial charge in [0.05, 0.1) is 23.9 Å². The van der Waals surface area contributed by atoms with Gasteiger partial charge < -0.3 is 26.2 Å². The zero-order chi connectivity index (χ0) is 35.0. The summed E-state index contributed by atoms with van der Waals surface area (Å²) < 4.78 is 5.38. The van der Waals surface area contributed by atoms with Crippen LogP contribution in [0.2, 0.25) is 0 Å². The monoisotopic (exact) mass is 682 g/mol. The SMILES string of the molecule is COc1cccc(Nc2c(C(N)=O)cnc3c(C)cc(Sc4cccc(C(=O)Nc5cccc(-c6ccc(CCCCO)cc6)c5)c4)cc23)c1. The van der Waals surface area contributed by atoms with Crippen LogP contribution in [0.5, 0.6) is 5.75 Å². The maximum Gasteiger partial charge on any atom is 0.255 e. The summed E-state index contributed by atoms with van der Waals surface area (Å²) in [5, 5.41) is 16.2. The third kappa shape index (κ3) is 8.14. The van der Waals surface area contributed by atoms with Crippen LogP contribution >= 0.6 is 11.8 Å². The van der Waals surface area contributed by atoms with Crippen LogP contribution in [-0.2, 0) is 6.42 Å². The van der Waals surface area contributed by atoms with E-state index in [1.165, 1.54) is 23.5 Å². The summed E-state index contributed by atoms with van der Waals surface area (Å²) in [6, 6.07) is 35.2. The number of benzene rings is 5. The summed E-state index contributed by atoms with van der Waals surface area (Å²) in [6.45, 7) is 2.19. The molecule has 0 saturated carbocycles. The maximum absolute atomic E-state index is 13.4. The van der Waals surface area contributed by atoms with E-state index in [0.717, 1.165) is 62.3 Å². The highest BCUT2D eigenvalue weighted by molar-refractivity contribution is 7.99. The Bertz CT molecular complexity index is 2170. The van der Waals surface area contributed by atoms with Crippen LogP contribution in [0, 0.1) is 6.92 Å². The van der Waals surface area contributed by atoms with Gasteiger partial charge in [0.25, 0.3) is 11.8 Å². The molecule has 252 valence electrons. The second-order valence-electron chi connectivity index (χ2n) is 11.9. The number of primary amides is 1. The first kappa shape index (κ1) is 34.2. The summed E-state index contributed by atoms with van der Waals surface area (Å²) in [5.74, 6) is -0.124. The van der Waals surface area contributed by atoms with Crippen molar-refractivity contribution in [2.45, 2.75) is 36.0 Å². The van der Waals surface area contributed by atoms with Crippen LogP contribution in [-0.4, -0.2) is 35.6 Å². The van der Waals surface area contributed by atoms with Gasteiger partial charge in [-0.1, -0.05) is 60.3 Å². The molecule has 0 radical (unpaired) electrons. The van der Waals surface area contributed by atoms with E-state index >= 15 is 0 Å². The molecule has 6 rings (SSSR count). The molecule has 0 saturated heterocycles. The first-order valence-electron chi connectivity index (χ1n) is 16.3. The molecule has 5 N–H and O–H groups in total. The predicted molar refractivity (Wildman–Crippen MR) is 202 cm³/mol. The minimum absolute atomic E-state index is 0.210. The zero-order valence-electron chi connectivity index (χ0n) is 27.9. The maximum atomic E-state index is 13.4. The van der Waals surface area contributed by atoms with Crippen molar-refractivity contribution in [3.8, 4) is 16.9 Å². The fraction of sp³-hybridized carbons (Fsp3) is 0.146. The minimum atomic E-state index is -0.590. The van der Waals surface area contributed by atoms with Crippen molar-refractivity contribution in [1.29, 1.82) is 0 Å². The lowest BCUT2D eigenvalue weighted by molar-refractivity contribution is 0.0998.